The molecule has 0 aromatic heterocycles. The number of hydrogen-bond donors (Lipinski definition) is 1. The van der Waals surface area contributed by atoms with Crippen LogP contribution in [0.15, 0.2) is 0 Å². The van der Waals surface area contributed by atoms with E-state index in [-0.39, 0.29) is 6.10 Å². The van der Waals surface area contributed by atoms with Gasteiger partial charge in [-0.15, -0.1) is 0 Å². The van der Waals surface area contributed by atoms with Crippen LogP contribution < -0.4 is 0 Å². The number of hydrogen-bond acceptors (Lipinski definition) is 1. The lowest BCUT2D eigenvalue weighted by Crippen LogP contribution is -2.34. The fourth-order valence-electron chi connectivity index (χ4n) is 3.51. The second kappa shape index (κ2) is 4.22. The summed E-state index contributed by atoms with van der Waals surface area (Å²) < 4.78 is 0. The minimum absolute atomic E-state index is 0.0202. The van der Waals surface area contributed by atoms with Gasteiger partial charge in [0.2, 0.25) is 0 Å². The third-order valence-corrected chi connectivity index (χ3v) is 4.57. The summed E-state index contributed by atoms with van der Waals surface area (Å²) in [4.78, 5) is 0. The Morgan fingerprint density at radius 1 is 0.929 bits per heavy atom. The molecule has 0 aromatic rings. The Kier molecular flexibility index (Phi) is 3.16. The van der Waals surface area contributed by atoms with Gasteiger partial charge in [-0.25, -0.2) is 0 Å². The highest BCUT2D eigenvalue weighted by Gasteiger charge is 2.35. The molecule has 0 saturated heterocycles. The highest BCUT2D eigenvalue weighted by Crippen LogP contribution is 2.44. The lowest BCUT2D eigenvalue weighted by molar-refractivity contribution is 0.0282. The van der Waals surface area contributed by atoms with Gasteiger partial charge in [0.15, 0.2) is 0 Å². The van der Waals surface area contributed by atoms with Crippen LogP contribution in [0.1, 0.15) is 52.4 Å². The molecule has 2 aliphatic carbocycles. The fourth-order valence-corrected chi connectivity index (χ4v) is 3.51. The minimum atomic E-state index is 0.0202. The van der Waals surface area contributed by atoms with E-state index in [1.165, 1.54) is 25.7 Å². The van der Waals surface area contributed by atoms with Crippen LogP contribution in [0.3, 0.4) is 0 Å². The third kappa shape index (κ3) is 2.13. The summed E-state index contributed by atoms with van der Waals surface area (Å²) in [7, 11) is 0. The van der Waals surface area contributed by atoms with Gasteiger partial charge in [0.1, 0.15) is 0 Å². The van der Waals surface area contributed by atoms with Crippen LogP contribution in [0.4, 0.5) is 0 Å². The van der Waals surface area contributed by atoms with Crippen molar-refractivity contribution in [2.75, 3.05) is 0 Å². The number of fused-ring (bicyclic) bond motifs is 1. The topological polar surface area (TPSA) is 20.2 Å². The molecule has 0 radical (unpaired) electrons. The average Bonchev–Trinajstić information content (AvgIpc) is 2.16. The summed E-state index contributed by atoms with van der Waals surface area (Å²) in [5.74, 6) is 3.63. The van der Waals surface area contributed by atoms with E-state index in [0.29, 0.717) is 0 Å². The van der Waals surface area contributed by atoms with Gasteiger partial charge in [-0.2, -0.15) is 0 Å². The Labute approximate surface area is 87.9 Å². The summed E-state index contributed by atoms with van der Waals surface area (Å²) in [6.45, 7) is 4.73. The van der Waals surface area contributed by atoms with Crippen molar-refractivity contribution in [2.45, 2.75) is 58.5 Å². The molecule has 1 N–H and O–H groups in total. The van der Waals surface area contributed by atoms with E-state index in [1.807, 2.05) is 0 Å². The third-order valence-electron chi connectivity index (χ3n) is 4.57. The summed E-state index contributed by atoms with van der Waals surface area (Å²) in [6, 6.07) is 0. The molecule has 82 valence electrons. The maximum Gasteiger partial charge on any atom is 0.0543 e. The van der Waals surface area contributed by atoms with Crippen molar-refractivity contribution in [3.05, 3.63) is 0 Å². The molecule has 4 atom stereocenters. The first-order valence-corrected chi connectivity index (χ1v) is 6.35. The van der Waals surface area contributed by atoms with Crippen molar-refractivity contribution in [3.63, 3.8) is 0 Å². The zero-order chi connectivity index (χ0) is 10.1. The average molecular weight is 196 g/mol. The quantitative estimate of drug-likeness (QED) is 0.682. The van der Waals surface area contributed by atoms with Crippen LogP contribution in [0.25, 0.3) is 0 Å². The minimum Gasteiger partial charge on any atom is -0.393 e. The predicted molar refractivity (Wildman–Crippen MR) is 59.0 cm³/mol. The normalized spacial score (nSPS) is 43.7. The lowest BCUT2D eigenvalue weighted by Gasteiger charge is -2.42. The molecule has 0 amide bonds. The van der Waals surface area contributed by atoms with Crippen LogP contribution in [0.2, 0.25) is 0 Å². The van der Waals surface area contributed by atoms with Crippen LogP contribution in [-0.2, 0) is 0 Å². The van der Waals surface area contributed by atoms with Crippen LogP contribution in [0.5, 0.6) is 0 Å². The molecule has 1 heteroatoms. The summed E-state index contributed by atoms with van der Waals surface area (Å²) in [5, 5.41) is 9.62. The molecule has 0 unspecified atom stereocenters. The van der Waals surface area contributed by atoms with Crippen molar-refractivity contribution in [2.24, 2.45) is 23.7 Å². The lowest BCUT2D eigenvalue weighted by atomic mass is 9.65. The molecule has 2 fully saturated rings. The van der Waals surface area contributed by atoms with E-state index in [1.54, 1.807) is 0 Å². The van der Waals surface area contributed by atoms with Crippen molar-refractivity contribution >= 4 is 0 Å². The molecule has 2 rings (SSSR count). The van der Waals surface area contributed by atoms with Crippen LogP contribution >= 0.6 is 0 Å². The van der Waals surface area contributed by atoms with Gasteiger partial charge in [-0.05, 0) is 62.2 Å². The Balaban J connectivity index is 1.91. The molecule has 2 saturated carbocycles. The van der Waals surface area contributed by atoms with E-state index in [4.69, 9.17) is 0 Å². The van der Waals surface area contributed by atoms with Gasteiger partial charge >= 0.3 is 0 Å². The molecule has 0 aromatic carbocycles. The molecular weight excluding hydrogens is 172 g/mol. The summed E-state index contributed by atoms with van der Waals surface area (Å²) >= 11 is 0. The first-order valence-electron chi connectivity index (χ1n) is 6.35. The summed E-state index contributed by atoms with van der Waals surface area (Å²) in [5.41, 5.74) is 0. The van der Waals surface area contributed by atoms with Crippen molar-refractivity contribution < 1.29 is 5.11 Å². The monoisotopic (exact) mass is 196 g/mol. The van der Waals surface area contributed by atoms with Gasteiger partial charge in [0.05, 0.1) is 6.10 Å². The highest BCUT2D eigenvalue weighted by atomic mass is 16.3. The standard InChI is InChI=1S/C13H24O/c1-9(2)10-3-4-12-8-13(14)6-5-11(12)7-10/h9-14H,3-8H2,1-2H3/t10-,11-,12-,13+/m1/s1. The van der Waals surface area contributed by atoms with Gasteiger partial charge in [0, 0.05) is 0 Å². The van der Waals surface area contributed by atoms with Gasteiger partial charge in [-0.3, -0.25) is 0 Å². The first-order chi connectivity index (χ1) is 6.66. The second-order valence-corrected chi connectivity index (χ2v) is 5.80. The number of rotatable bonds is 1. The van der Waals surface area contributed by atoms with Gasteiger partial charge in [-0.1, -0.05) is 13.8 Å². The van der Waals surface area contributed by atoms with Gasteiger partial charge < -0.3 is 5.11 Å². The van der Waals surface area contributed by atoms with Crippen molar-refractivity contribution in [1.82, 2.24) is 0 Å². The predicted octanol–water partition coefficient (Wildman–Crippen LogP) is 3.22. The molecule has 2 aliphatic rings. The Hall–Kier alpha value is -0.0400. The smallest absolute Gasteiger partial charge is 0.0543 e. The van der Waals surface area contributed by atoms with Crippen LogP contribution in [0, 0.1) is 23.7 Å². The second-order valence-electron chi connectivity index (χ2n) is 5.80. The van der Waals surface area contributed by atoms with Gasteiger partial charge in [0.25, 0.3) is 0 Å². The Bertz CT molecular complexity index is 188. The largest absolute Gasteiger partial charge is 0.393 e. The number of aliphatic hydroxyl groups is 1. The molecule has 1 nitrogen and oxygen atoms in total. The van der Waals surface area contributed by atoms with E-state index >= 15 is 0 Å². The first kappa shape index (κ1) is 10.5. The number of aliphatic hydroxyl groups excluding tert-OH is 1. The fraction of sp³-hybridized carbons (Fsp3) is 1.00. The highest BCUT2D eigenvalue weighted by molar-refractivity contribution is 4.86. The molecular formula is C13H24O. The van der Waals surface area contributed by atoms with Crippen molar-refractivity contribution in [1.29, 1.82) is 0 Å². The Morgan fingerprint density at radius 3 is 2.29 bits per heavy atom. The zero-order valence-electron chi connectivity index (χ0n) is 9.58. The zero-order valence-corrected chi connectivity index (χ0v) is 9.58. The maximum absolute atomic E-state index is 9.62. The summed E-state index contributed by atoms with van der Waals surface area (Å²) in [6.07, 6.45) is 7.69. The van der Waals surface area contributed by atoms with Crippen LogP contribution in [-0.4, -0.2) is 11.2 Å². The maximum atomic E-state index is 9.62. The molecule has 14 heavy (non-hydrogen) atoms. The van der Waals surface area contributed by atoms with E-state index in [2.05, 4.69) is 13.8 Å². The van der Waals surface area contributed by atoms with E-state index in [9.17, 15) is 5.11 Å². The molecule has 0 aliphatic heterocycles. The Morgan fingerprint density at radius 2 is 1.57 bits per heavy atom. The molecule has 0 heterocycles. The SMILES string of the molecule is CC(C)[C@@H]1CC[C@@H]2C[C@@H](O)CC[C@@H]2C1. The van der Waals surface area contributed by atoms with E-state index < -0.39 is 0 Å². The van der Waals surface area contributed by atoms with Crippen molar-refractivity contribution in [3.8, 4) is 0 Å². The molecule has 0 bridgehead atoms. The van der Waals surface area contributed by atoms with E-state index in [0.717, 1.165) is 36.5 Å². The molecule has 0 spiro atoms.